The van der Waals surface area contributed by atoms with Crippen molar-refractivity contribution in [1.82, 2.24) is 19.5 Å². The molecule has 1 atom stereocenters. The average molecular weight is 332 g/mol. The SMILES string of the molecule is CN(Cc1cscn1)C(=O)NC1CCCN(S(C)(=O)=O)C1. The lowest BCUT2D eigenvalue weighted by Gasteiger charge is -2.32. The van der Waals surface area contributed by atoms with Gasteiger partial charge in [0.05, 0.1) is 24.0 Å². The van der Waals surface area contributed by atoms with Crippen LogP contribution in [0.5, 0.6) is 0 Å². The summed E-state index contributed by atoms with van der Waals surface area (Å²) in [6.07, 6.45) is 2.75. The van der Waals surface area contributed by atoms with Crippen LogP contribution in [0.2, 0.25) is 0 Å². The third-order valence-corrected chi connectivity index (χ3v) is 5.32. The van der Waals surface area contributed by atoms with Crippen LogP contribution in [0.3, 0.4) is 0 Å². The molecule has 0 spiro atoms. The van der Waals surface area contributed by atoms with Crippen molar-refractivity contribution in [2.75, 3.05) is 26.4 Å². The second-order valence-corrected chi connectivity index (χ2v) is 7.95. The molecule has 21 heavy (non-hydrogen) atoms. The van der Waals surface area contributed by atoms with Gasteiger partial charge in [0, 0.05) is 31.6 Å². The highest BCUT2D eigenvalue weighted by atomic mass is 32.2. The quantitative estimate of drug-likeness (QED) is 0.880. The van der Waals surface area contributed by atoms with Crippen LogP contribution in [0.1, 0.15) is 18.5 Å². The molecule has 0 radical (unpaired) electrons. The molecule has 1 aromatic heterocycles. The number of carbonyl (C=O) groups is 1. The van der Waals surface area contributed by atoms with Crippen LogP contribution in [0.15, 0.2) is 10.9 Å². The fraction of sp³-hybridized carbons (Fsp3) is 0.667. The first-order valence-electron chi connectivity index (χ1n) is 6.70. The highest BCUT2D eigenvalue weighted by Crippen LogP contribution is 2.13. The summed E-state index contributed by atoms with van der Waals surface area (Å²) in [7, 11) is -1.50. The molecule has 0 bridgehead atoms. The van der Waals surface area contributed by atoms with Crippen molar-refractivity contribution in [2.24, 2.45) is 0 Å². The van der Waals surface area contributed by atoms with E-state index in [0.29, 0.717) is 19.6 Å². The van der Waals surface area contributed by atoms with Crippen molar-refractivity contribution in [3.63, 3.8) is 0 Å². The van der Waals surface area contributed by atoms with Crippen molar-refractivity contribution >= 4 is 27.4 Å². The van der Waals surface area contributed by atoms with Gasteiger partial charge in [0.1, 0.15) is 0 Å². The van der Waals surface area contributed by atoms with E-state index >= 15 is 0 Å². The van der Waals surface area contributed by atoms with Gasteiger partial charge in [-0.1, -0.05) is 0 Å². The molecule has 1 N–H and O–H groups in total. The molecule has 1 aliphatic rings. The van der Waals surface area contributed by atoms with Gasteiger partial charge in [-0.15, -0.1) is 11.3 Å². The second kappa shape index (κ2) is 6.71. The molecule has 2 heterocycles. The number of nitrogens with zero attached hydrogens (tertiary/aromatic N) is 3. The Bertz CT molecular complexity index is 573. The van der Waals surface area contributed by atoms with E-state index in [0.717, 1.165) is 18.5 Å². The molecule has 9 heteroatoms. The minimum Gasteiger partial charge on any atom is -0.334 e. The van der Waals surface area contributed by atoms with Gasteiger partial charge in [-0.25, -0.2) is 22.5 Å². The van der Waals surface area contributed by atoms with Crippen molar-refractivity contribution in [3.8, 4) is 0 Å². The van der Waals surface area contributed by atoms with E-state index in [-0.39, 0.29) is 12.1 Å². The van der Waals surface area contributed by atoms with Crippen LogP contribution in [0.25, 0.3) is 0 Å². The van der Waals surface area contributed by atoms with E-state index in [1.165, 1.54) is 21.9 Å². The molecule has 1 fully saturated rings. The normalized spacial score (nSPS) is 20.2. The summed E-state index contributed by atoms with van der Waals surface area (Å²) >= 11 is 1.49. The Balaban J connectivity index is 1.87. The van der Waals surface area contributed by atoms with E-state index in [9.17, 15) is 13.2 Å². The number of piperidine rings is 1. The maximum atomic E-state index is 12.1. The Morgan fingerprint density at radius 3 is 3.00 bits per heavy atom. The largest absolute Gasteiger partial charge is 0.334 e. The zero-order valence-electron chi connectivity index (χ0n) is 12.2. The first-order chi connectivity index (χ1) is 9.86. The van der Waals surface area contributed by atoms with E-state index in [1.807, 2.05) is 5.38 Å². The van der Waals surface area contributed by atoms with Gasteiger partial charge in [-0.3, -0.25) is 0 Å². The van der Waals surface area contributed by atoms with Gasteiger partial charge in [0.25, 0.3) is 0 Å². The number of sulfonamides is 1. The summed E-state index contributed by atoms with van der Waals surface area (Å²) in [5, 5.41) is 4.79. The van der Waals surface area contributed by atoms with Gasteiger partial charge < -0.3 is 10.2 Å². The van der Waals surface area contributed by atoms with Gasteiger partial charge in [-0.2, -0.15) is 0 Å². The highest BCUT2D eigenvalue weighted by molar-refractivity contribution is 7.88. The summed E-state index contributed by atoms with van der Waals surface area (Å²) in [5.74, 6) is 0. The zero-order chi connectivity index (χ0) is 15.5. The van der Waals surface area contributed by atoms with Crippen molar-refractivity contribution in [2.45, 2.75) is 25.4 Å². The third kappa shape index (κ3) is 4.65. The number of nitrogens with one attached hydrogen (secondary N) is 1. The van der Waals surface area contributed by atoms with Crippen LogP contribution in [0, 0.1) is 0 Å². The van der Waals surface area contributed by atoms with Crippen LogP contribution < -0.4 is 5.32 Å². The van der Waals surface area contributed by atoms with Gasteiger partial charge >= 0.3 is 6.03 Å². The Morgan fingerprint density at radius 1 is 1.62 bits per heavy atom. The molecule has 2 amide bonds. The lowest BCUT2D eigenvalue weighted by molar-refractivity contribution is 0.193. The smallest absolute Gasteiger partial charge is 0.317 e. The molecule has 0 aliphatic carbocycles. The minimum atomic E-state index is -3.20. The molecule has 1 aromatic rings. The first-order valence-corrected chi connectivity index (χ1v) is 9.49. The molecular weight excluding hydrogens is 312 g/mol. The molecule has 1 unspecified atom stereocenters. The molecule has 0 aromatic carbocycles. The van der Waals surface area contributed by atoms with Gasteiger partial charge in [-0.05, 0) is 12.8 Å². The Hall–Kier alpha value is -1.19. The maximum absolute atomic E-state index is 12.1. The molecule has 1 saturated heterocycles. The number of urea groups is 1. The summed E-state index contributed by atoms with van der Waals surface area (Å²) < 4.78 is 24.5. The standard InChI is InChI=1S/C12H20N4O3S2/c1-15(6-11-8-20-9-13-11)12(17)14-10-4-3-5-16(7-10)21(2,18)19/h8-10H,3-7H2,1-2H3,(H,14,17). The lowest BCUT2D eigenvalue weighted by Crippen LogP contribution is -2.51. The first kappa shape index (κ1) is 16.2. The van der Waals surface area contributed by atoms with Gasteiger partial charge in [0.15, 0.2) is 0 Å². The Labute approximate surface area is 129 Å². The molecule has 2 rings (SSSR count). The van der Waals surface area contributed by atoms with E-state index in [2.05, 4.69) is 10.3 Å². The number of hydrogen-bond acceptors (Lipinski definition) is 5. The number of hydrogen-bond donors (Lipinski definition) is 1. The summed E-state index contributed by atoms with van der Waals surface area (Å²) in [5.41, 5.74) is 2.57. The van der Waals surface area contributed by atoms with Crippen molar-refractivity contribution < 1.29 is 13.2 Å². The summed E-state index contributed by atoms with van der Waals surface area (Å²) in [6.45, 7) is 1.31. The zero-order valence-corrected chi connectivity index (χ0v) is 13.8. The van der Waals surface area contributed by atoms with Crippen LogP contribution in [-0.2, 0) is 16.6 Å². The van der Waals surface area contributed by atoms with Crippen LogP contribution >= 0.6 is 11.3 Å². The second-order valence-electron chi connectivity index (χ2n) is 5.25. The fourth-order valence-corrected chi connectivity index (χ4v) is 3.74. The Morgan fingerprint density at radius 2 is 2.38 bits per heavy atom. The minimum absolute atomic E-state index is 0.140. The summed E-state index contributed by atoms with van der Waals surface area (Å²) in [4.78, 5) is 17.8. The summed E-state index contributed by atoms with van der Waals surface area (Å²) in [6, 6.07) is -0.345. The number of amides is 2. The predicted octanol–water partition coefficient (Wildman–Crippen LogP) is 0.709. The molecule has 7 nitrogen and oxygen atoms in total. The van der Waals surface area contributed by atoms with E-state index < -0.39 is 10.0 Å². The third-order valence-electron chi connectivity index (χ3n) is 3.41. The Kier molecular flexibility index (Phi) is 5.17. The van der Waals surface area contributed by atoms with E-state index in [4.69, 9.17) is 0 Å². The number of aromatic nitrogens is 1. The molecule has 0 saturated carbocycles. The van der Waals surface area contributed by atoms with Crippen molar-refractivity contribution in [1.29, 1.82) is 0 Å². The average Bonchev–Trinajstić information content (AvgIpc) is 2.91. The molecule has 118 valence electrons. The fourth-order valence-electron chi connectivity index (χ4n) is 2.28. The molecule has 1 aliphatic heterocycles. The topological polar surface area (TPSA) is 82.6 Å². The van der Waals surface area contributed by atoms with Crippen molar-refractivity contribution in [3.05, 3.63) is 16.6 Å². The maximum Gasteiger partial charge on any atom is 0.317 e. The van der Waals surface area contributed by atoms with Gasteiger partial charge in [0.2, 0.25) is 10.0 Å². The molecular formula is C12H20N4O3S2. The van der Waals surface area contributed by atoms with Crippen LogP contribution in [-0.4, -0.2) is 61.1 Å². The highest BCUT2D eigenvalue weighted by Gasteiger charge is 2.27. The lowest BCUT2D eigenvalue weighted by atomic mass is 10.1. The number of thiazole rings is 1. The number of carbonyl (C=O) groups excluding carboxylic acids is 1. The predicted molar refractivity (Wildman–Crippen MR) is 81.6 cm³/mol. The van der Waals surface area contributed by atoms with E-state index in [1.54, 1.807) is 17.5 Å². The monoisotopic (exact) mass is 332 g/mol. The van der Waals surface area contributed by atoms with Crippen LogP contribution in [0.4, 0.5) is 4.79 Å². The number of rotatable bonds is 4.